The third kappa shape index (κ3) is 32.3. The largest absolute Gasteiger partial charge is 0.462 e. The van der Waals surface area contributed by atoms with Crippen LogP contribution < -0.4 is 0 Å². The van der Waals surface area contributed by atoms with E-state index in [9.17, 15) is 24.0 Å². The standard InChI is InChI=1S/C40H72O11S/c1-5-8-11-14-17-24-36(41)47-30-33(29-46-4)50-39(44)27-20-22-35(52)23-21-28-40(45)51-34(31-48-37(42)25-18-15-12-9-6-2)32-49-38(43)26-19-16-13-10-7-3/h33-35,52H,5-32H2,1-4H3. The molecule has 11 nitrogen and oxygen atoms in total. The number of rotatable bonds is 36. The fourth-order valence-electron chi connectivity index (χ4n) is 5.41. The Morgan fingerprint density at radius 1 is 0.423 bits per heavy atom. The second-order valence-corrected chi connectivity index (χ2v) is 14.4. The second kappa shape index (κ2) is 35.7. The molecule has 0 bridgehead atoms. The Labute approximate surface area is 320 Å². The first-order chi connectivity index (χ1) is 25.1. The summed E-state index contributed by atoms with van der Waals surface area (Å²) >= 11 is 4.62. The van der Waals surface area contributed by atoms with Gasteiger partial charge in [0.1, 0.15) is 19.8 Å². The lowest BCUT2D eigenvalue weighted by Crippen LogP contribution is -2.31. The minimum atomic E-state index is -0.876. The van der Waals surface area contributed by atoms with E-state index in [1.165, 1.54) is 7.11 Å². The summed E-state index contributed by atoms with van der Waals surface area (Å²) in [5.74, 6) is -1.89. The minimum Gasteiger partial charge on any atom is -0.462 e. The van der Waals surface area contributed by atoms with Crippen LogP contribution in [0.5, 0.6) is 0 Å². The molecule has 0 aromatic rings. The number of carbonyl (C=O) groups is 5. The summed E-state index contributed by atoms with van der Waals surface area (Å²) in [7, 11) is 1.50. The lowest BCUT2D eigenvalue weighted by atomic mass is 10.1. The van der Waals surface area contributed by atoms with Gasteiger partial charge in [-0.3, -0.25) is 24.0 Å². The van der Waals surface area contributed by atoms with Crippen LogP contribution in [-0.2, 0) is 52.4 Å². The van der Waals surface area contributed by atoms with E-state index in [0.29, 0.717) is 44.9 Å². The number of ether oxygens (including phenoxy) is 6. The summed E-state index contributed by atoms with van der Waals surface area (Å²) < 4.78 is 32.2. The number of unbranched alkanes of at least 4 members (excludes halogenated alkanes) is 12. The van der Waals surface area contributed by atoms with Crippen LogP contribution in [0, 0.1) is 0 Å². The maximum absolute atomic E-state index is 12.7. The van der Waals surface area contributed by atoms with E-state index >= 15 is 0 Å². The van der Waals surface area contributed by atoms with E-state index in [4.69, 9.17) is 28.4 Å². The Kier molecular flexibility index (Phi) is 34.1. The molecule has 0 aliphatic heterocycles. The molecule has 0 N–H and O–H groups in total. The van der Waals surface area contributed by atoms with Crippen molar-refractivity contribution in [3.8, 4) is 0 Å². The fourth-order valence-corrected chi connectivity index (χ4v) is 5.77. The molecule has 0 saturated carbocycles. The van der Waals surface area contributed by atoms with E-state index < -0.39 is 24.1 Å². The molecule has 304 valence electrons. The van der Waals surface area contributed by atoms with Crippen LogP contribution >= 0.6 is 12.6 Å². The molecule has 0 fully saturated rings. The average molecular weight is 761 g/mol. The molecule has 0 spiro atoms. The normalized spacial score (nSPS) is 12.3. The minimum absolute atomic E-state index is 0.0390. The molecule has 52 heavy (non-hydrogen) atoms. The molecule has 2 atom stereocenters. The third-order valence-electron chi connectivity index (χ3n) is 8.53. The predicted molar refractivity (Wildman–Crippen MR) is 205 cm³/mol. The van der Waals surface area contributed by atoms with Gasteiger partial charge in [0.2, 0.25) is 0 Å². The van der Waals surface area contributed by atoms with Gasteiger partial charge in [-0.1, -0.05) is 97.8 Å². The van der Waals surface area contributed by atoms with Crippen LogP contribution in [0.4, 0.5) is 0 Å². The zero-order chi connectivity index (χ0) is 38.7. The lowest BCUT2D eigenvalue weighted by molar-refractivity contribution is -0.167. The molecule has 12 heteroatoms. The molecular formula is C40H72O11S. The van der Waals surface area contributed by atoms with E-state index in [0.717, 1.165) is 96.3 Å². The highest BCUT2D eigenvalue weighted by molar-refractivity contribution is 7.80. The molecule has 0 aromatic carbocycles. The van der Waals surface area contributed by atoms with Gasteiger partial charge < -0.3 is 28.4 Å². The quantitative estimate of drug-likeness (QED) is 0.0284. The van der Waals surface area contributed by atoms with Crippen LogP contribution in [0.2, 0.25) is 0 Å². The number of methoxy groups -OCH3 is 1. The van der Waals surface area contributed by atoms with Gasteiger partial charge in [-0.15, -0.1) is 0 Å². The molecule has 0 radical (unpaired) electrons. The summed E-state index contributed by atoms with van der Waals surface area (Å²) in [6, 6.07) is 0. The van der Waals surface area contributed by atoms with Crippen molar-refractivity contribution >= 4 is 42.5 Å². The fraction of sp³-hybridized carbons (Fsp3) is 0.875. The number of hydrogen-bond acceptors (Lipinski definition) is 12. The van der Waals surface area contributed by atoms with Gasteiger partial charge in [0.05, 0.1) is 6.61 Å². The second-order valence-electron chi connectivity index (χ2n) is 13.7. The van der Waals surface area contributed by atoms with Gasteiger partial charge >= 0.3 is 29.8 Å². The highest BCUT2D eigenvalue weighted by Gasteiger charge is 2.21. The zero-order valence-corrected chi connectivity index (χ0v) is 33.9. The highest BCUT2D eigenvalue weighted by atomic mass is 32.1. The molecule has 0 aliphatic rings. The van der Waals surface area contributed by atoms with Gasteiger partial charge in [-0.2, -0.15) is 12.6 Å². The van der Waals surface area contributed by atoms with Crippen LogP contribution in [0.1, 0.15) is 175 Å². The SMILES string of the molecule is CCCCCCCC(=O)OCC(COC)OC(=O)CCCC(S)CCCC(=O)OC(COC(=O)CCCCCCC)COC(=O)CCCCCCC. The number of carbonyl (C=O) groups excluding carboxylic acids is 5. The molecule has 0 saturated heterocycles. The van der Waals surface area contributed by atoms with E-state index in [1.807, 2.05) is 0 Å². The van der Waals surface area contributed by atoms with Crippen molar-refractivity contribution < 1.29 is 52.4 Å². The number of thiol groups is 1. The van der Waals surface area contributed by atoms with E-state index in [2.05, 4.69) is 33.4 Å². The number of hydrogen-bond donors (Lipinski definition) is 1. The zero-order valence-electron chi connectivity index (χ0n) is 33.0. The van der Waals surface area contributed by atoms with Crippen molar-refractivity contribution in [2.45, 2.75) is 192 Å². The van der Waals surface area contributed by atoms with Gasteiger partial charge in [0.25, 0.3) is 0 Å². The van der Waals surface area contributed by atoms with Crippen molar-refractivity contribution in [3.05, 3.63) is 0 Å². The van der Waals surface area contributed by atoms with Gasteiger partial charge in [0, 0.05) is 44.5 Å². The van der Waals surface area contributed by atoms with Gasteiger partial charge in [0.15, 0.2) is 12.2 Å². The van der Waals surface area contributed by atoms with Crippen molar-refractivity contribution in [1.29, 1.82) is 0 Å². The van der Waals surface area contributed by atoms with Crippen LogP contribution in [0.3, 0.4) is 0 Å². The summed E-state index contributed by atoms with van der Waals surface area (Å²) in [6.07, 6.45) is 17.3. The Bertz CT molecular complexity index is 899. The first-order valence-corrected chi connectivity index (χ1v) is 20.7. The highest BCUT2D eigenvalue weighted by Crippen LogP contribution is 2.16. The molecule has 0 heterocycles. The van der Waals surface area contributed by atoms with Crippen molar-refractivity contribution in [2.24, 2.45) is 0 Å². The van der Waals surface area contributed by atoms with Gasteiger partial charge in [-0.25, -0.2) is 0 Å². The van der Waals surface area contributed by atoms with Gasteiger partial charge in [-0.05, 0) is 44.9 Å². The molecule has 0 amide bonds. The number of esters is 5. The van der Waals surface area contributed by atoms with Crippen molar-refractivity contribution in [1.82, 2.24) is 0 Å². The summed E-state index contributed by atoms with van der Waals surface area (Å²) in [5.41, 5.74) is 0. The molecule has 0 aromatic heterocycles. The van der Waals surface area contributed by atoms with E-state index in [1.54, 1.807) is 0 Å². The Hall–Kier alpha value is -2.34. The van der Waals surface area contributed by atoms with Crippen LogP contribution in [0.25, 0.3) is 0 Å². The summed E-state index contributed by atoms with van der Waals surface area (Å²) in [6.45, 7) is 6.17. The molecular weight excluding hydrogens is 688 g/mol. The lowest BCUT2D eigenvalue weighted by Gasteiger charge is -2.19. The Morgan fingerprint density at radius 2 is 0.731 bits per heavy atom. The Morgan fingerprint density at radius 3 is 1.06 bits per heavy atom. The Balaban J connectivity index is 4.55. The van der Waals surface area contributed by atoms with Crippen LogP contribution in [0.15, 0.2) is 0 Å². The maximum Gasteiger partial charge on any atom is 0.306 e. The molecule has 2 unspecified atom stereocenters. The van der Waals surface area contributed by atoms with Crippen molar-refractivity contribution in [2.75, 3.05) is 33.5 Å². The summed E-state index contributed by atoms with van der Waals surface area (Å²) in [4.78, 5) is 61.7. The van der Waals surface area contributed by atoms with E-state index in [-0.39, 0.29) is 62.4 Å². The average Bonchev–Trinajstić information content (AvgIpc) is 3.11. The molecule has 0 rings (SSSR count). The summed E-state index contributed by atoms with van der Waals surface area (Å²) in [5, 5.41) is -0.0407. The smallest absolute Gasteiger partial charge is 0.306 e. The third-order valence-corrected chi connectivity index (χ3v) is 9.05. The topological polar surface area (TPSA) is 141 Å². The predicted octanol–water partition coefficient (Wildman–Crippen LogP) is 8.81. The maximum atomic E-state index is 12.7. The van der Waals surface area contributed by atoms with Crippen molar-refractivity contribution in [3.63, 3.8) is 0 Å². The van der Waals surface area contributed by atoms with Crippen LogP contribution in [-0.4, -0.2) is 80.8 Å². The first-order valence-electron chi connectivity index (χ1n) is 20.2. The monoisotopic (exact) mass is 760 g/mol. The molecule has 0 aliphatic carbocycles. The first kappa shape index (κ1) is 49.7.